The number of rotatable bonds is 5. The lowest BCUT2D eigenvalue weighted by Crippen LogP contribution is -2.08. The summed E-state index contributed by atoms with van der Waals surface area (Å²) in [4.78, 5) is 18.8. The van der Waals surface area contributed by atoms with Gasteiger partial charge in [0.05, 0.1) is 4.92 Å². The van der Waals surface area contributed by atoms with Crippen LogP contribution in [0.15, 0.2) is 48.5 Å². The van der Waals surface area contributed by atoms with Crippen LogP contribution < -0.4 is 16.4 Å². The van der Waals surface area contributed by atoms with Gasteiger partial charge < -0.3 is 16.4 Å². The fourth-order valence-electron chi connectivity index (χ4n) is 2.16. The average Bonchev–Trinajstić information content (AvgIpc) is 2.56. The summed E-state index contributed by atoms with van der Waals surface area (Å²) in [6, 6.07) is 13.5. The van der Waals surface area contributed by atoms with Crippen molar-refractivity contribution in [3.8, 4) is 0 Å². The van der Waals surface area contributed by atoms with Gasteiger partial charge in [-0.25, -0.2) is 0 Å². The normalized spacial score (nSPS) is 10.4. The number of nitrogen functional groups attached to an aromatic ring is 1. The highest BCUT2D eigenvalue weighted by molar-refractivity contribution is 6.31. The standard InChI is InChI=1S/C16H12Cl2N6O2/c17-9-4-6-11(7-5-9)20-15-13(24(25)26)14(19)22-16(23-15)21-12-3-1-2-10(18)8-12/h1-8H,(H4,19,20,21,22,23). The van der Waals surface area contributed by atoms with Crippen molar-refractivity contribution in [3.63, 3.8) is 0 Å². The summed E-state index contributed by atoms with van der Waals surface area (Å²) in [5, 5.41) is 18.2. The second-order valence-electron chi connectivity index (χ2n) is 5.15. The Morgan fingerprint density at radius 1 is 0.962 bits per heavy atom. The maximum absolute atomic E-state index is 11.3. The van der Waals surface area contributed by atoms with Gasteiger partial charge in [0.1, 0.15) is 0 Å². The SMILES string of the molecule is Nc1nc(Nc2cccc(Cl)c2)nc(Nc2ccc(Cl)cc2)c1[N+](=O)[O-]. The van der Waals surface area contributed by atoms with Gasteiger partial charge in [-0.05, 0) is 42.5 Å². The predicted octanol–water partition coefficient (Wildman–Crippen LogP) is 4.76. The lowest BCUT2D eigenvalue weighted by atomic mass is 10.3. The van der Waals surface area contributed by atoms with Crippen molar-refractivity contribution >= 4 is 57.8 Å². The van der Waals surface area contributed by atoms with Crippen molar-refractivity contribution in [2.24, 2.45) is 0 Å². The number of halogens is 2. The number of anilines is 5. The third-order valence-electron chi connectivity index (χ3n) is 3.28. The van der Waals surface area contributed by atoms with E-state index in [0.717, 1.165) is 0 Å². The van der Waals surface area contributed by atoms with E-state index in [1.165, 1.54) is 0 Å². The molecule has 10 heteroatoms. The molecule has 0 saturated carbocycles. The van der Waals surface area contributed by atoms with Gasteiger partial charge in [-0.15, -0.1) is 0 Å². The second kappa shape index (κ2) is 7.42. The molecule has 0 fully saturated rings. The van der Waals surface area contributed by atoms with Gasteiger partial charge in [0.25, 0.3) is 0 Å². The van der Waals surface area contributed by atoms with E-state index in [9.17, 15) is 10.1 Å². The predicted molar refractivity (Wildman–Crippen MR) is 103 cm³/mol. The highest BCUT2D eigenvalue weighted by atomic mass is 35.5. The maximum atomic E-state index is 11.3. The molecule has 0 bridgehead atoms. The van der Waals surface area contributed by atoms with E-state index in [2.05, 4.69) is 20.6 Å². The first-order valence-electron chi connectivity index (χ1n) is 7.29. The fourth-order valence-corrected chi connectivity index (χ4v) is 2.48. The van der Waals surface area contributed by atoms with Crippen molar-refractivity contribution in [2.45, 2.75) is 0 Å². The number of hydrogen-bond donors (Lipinski definition) is 3. The molecule has 0 aliphatic rings. The molecule has 2 aromatic carbocycles. The van der Waals surface area contributed by atoms with Gasteiger partial charge in [0.2, 0.25) is 17.6 Å². The molecule has 0 spiro atoms. The lowest BCUT2D eigenvalue weighted by Gasteiger charge is -2.11. The zero-order valence-electron chi connectivity index (χ0n) is 13.1. The smallest absolute Gasteiger partial charge is 0.353 e. The van der Waals surface area contributed by atoms with E-state index in [1.54, 1.807) is 48.5 Å². The van der Waals surface area contributed by atoms with Crippen LogP contribution in [0, 0.1) is 10.1 Å². The lowest BCUT2D eigenvalue weighted by molar-refractivity contribution is -0.383. The first kappa shape index (κ1) is 17.7. The third-order valence-corrected chi connectivity index (χ3v) is 3.77. The molecule has 26 heavy (non-hydrogen) atoms. The first-order valence-corrected chi connectivity index (χ1v) is 8.05. The number of nitro groups is 1. The van der Waals surface area contributed by atoms with E-state index in [0.29, 0.717) is 21.4 Å². The number of nitrogens with two attached hydrogens (primary N) is 1. The Labute approximate surface area is 158 Å². The fraction of sp³-hybridized carbons (Fsp3) is 0. The Morgan fingerprint density at radius 2 is 1.69 bits per heavy atom. The van der Waals surface area contributed by atoms with Crippen molar-refractivity contribution in [1.29, 1.82) is 0 Å². The van der Waals surface area contributed by atoms with Crippen molar-refractivity contribution < 1.29 is 4.92 Å². The van der Waals surface area contributed by atoms with Crippen molar-refractivity contribution in [1.82, 2.24) is 9.97 Å². The van der Waals surface area contributed by atoms with E-state index in [1.807, 2.05) is 0 Å². The van der Waals surface area contributed by atoms with Gasteiger partial charge in [0.15, 0.2) is 0 Å². The van der Waals surface area contributed by atoms with Gasteiger partial charge >= 0.3 is 5.69 Å². The minimum absolute atomic E-state index is 0.0469. The Morgan fingerprint density at radius 3 is 2.35 bits per heavy atom. The quantitative estimate of drug-likeness (QED) is 0.424. The topological polar surface area (TPSA) is 119 Å². The molecule has 8 nitrogen and oxygen atoms in total. The van der Waals surface area contributed by atoms with E-state index >= 15 is 0 Å². The van der Waals surface area contributed by atoms with Crippen LogP contribution in [-0.2, 0) is 0 Å². The van der Waals surface area contributed by atoms with Crippen LogP contribution in [0.2, 0.25) is 10.0 Å². The average molecular weight is 391 g/mol. The molecule has 0 saturated heterocycles. The molecule has 4 N–H and O–H groups in total. The Kier molecular flexibility index (Phi) is 5.06. The number of hydrogen-bond acceptors (Lipinski definition) is 7. The summed E-state index contributed by atoms with van der Waals surface area (Å²) in [6.07, 6.45) is 0. The first-order chi connectivity index (χ1) is 12.4. The second-order valence-corrected chi connectivity index (χ2v) is 6.03. The minimum Gasteiger partial charge on any atom is -0.378 e. The van der Waals surface area contributed by atoms with Crippen LogP contribution in [0.25, 0.3) is 0 Å². The zero-order valence-corrected chi connectivity index (χ0v) is 14.6. The van der Waals surface area contributed by atoms with Gasteiger partial charge in [0, 0.05) is 21.4 Å². The van der Waals surface area contributed by atoms with Gasteiger partial charge in [-0.1, -0.05) is 29.3 Å². The molecule has 0 aliphatic heterocycles. The number of benzene rings is 2. The van der Waals surface area contributed by atoms with E-state index in [4.69, 9.17) is 28.9 Å². The van der Waals surface area contributed by atoms with Gasteiger partial charge in [-0.2, -0.15) is 9.97 Å². The molecule has 1 aromatic heterocycles. The van der Waals surface area contributed by atoms with Crippen LogP contribution in [-0.4, -0.2) is 14.9 Å². The zero-order chi connectivity index (χ0) is 18.7. The molecule has 0 unspecified atom stereocenters. The number of nitrogens with one attached hydrogen (secondary N) is 2. The Hall–Kier alpha value is -3.10. The molecule has 0 radical (unpaired) electrons. The highest BCUT2D eigenvalue weighted by Crippen LogP contribution is 2.32. The van der Waals surface area contributed by atoms with Crippen LogP contribution in [0.1, 0.15) is 0 Å². The van der Waals surface area contributed by atoms with Crippen molar-refractivity contribution in [3.05, 3.63) is 68.7 Å². The summed E-state index contributed by atoms with van der Waals surface area (Å²) in [5.74, 6) is -0.229. The molecule has 3 rings (SSSR count). The van der Waals surface area contributed by atoms with E-state index < -0.39 is 10.6 Å². The molecule has 132 valence electrons. The summed E-state index contributed by atoms with van der Waals surface area (Å²) < 4.78 is 0. The monoisotopic (exact) mass is 390 g/mol. The summed E-state index contributed by atoms with van der Waals surface area (Å²) in [5.41, 5.74) is 6.52. The molecular formula is C16H12Cl2N6O2. The number of nitrogens with zero attached hydrogens (tertiary/aromatic N) is 3. The summed E-state index contributed by atoms with van der Waals surface area (Å²) >= 11 is 11.8. The largest absolute Gasteiger partial charge is 0.378 e. The van der Waals surface area contributed by atoms with Crippen LogP contribution in [0.5, 0.6) is 0 Å². The summed E-state index contributed by atoms with van der Waals surface area (Å²) in [7, 11) is 0. The van der Waals surface area contributed by atoms with Gasteiger partial charge in [-0.3, -0.25) is 10.1 Å². The van der Waals surface area contributed by atoms with E-state index in [-0.39, 0.29) is 17.6 Å². The minimum atomic E-state index is -0.642. The third kappa shape index (κ3) is 4.11. The number of aromatic nitrogens is 2. The summed E-state index contributed by atoms with van der Waals surface area (Å²) in [6.45, 7) is 0. The van der Waals surface area contributed by atoms with Crippen LogP contribution in [0.4, 0.5) is 34.6 Å². The molecule has 0 amide bonds. The van der Waals surface area contributed by atoms with Crippen LogP contribution >= 0.6 is 23.2 Å². The Bertz CT molecular complexity index is 965. The highest BCUT2D eigenvalue weighted by Gasteiger charge is 2.23. The molecular weight excluding hydrogens is 379 g/mol. The maximum Gasteiger partial charge on any atom is 0.353 e. The molecule has 1 heterocycles. The molecule has 0 aliphatic carbocycles. The van der Waals surface area contributed by atoms with Crippen molar-refractivity contribution in [2.75, 3.05) is 16.4 Å². The van der Waals surface area contributed by atoms with Crippen LogP contribution in [0.3, 0.4) is 0 Å². The molecule has 3 aromatic rings. The molecule has 0 atom stereocenters. The Balaban J connectivity index is 1.98.